The normalized spacial score (nSPS) is 10.4. The average molecular weight is 380 g/mol. The third kappa shape index (κ3) is 5.03. The van der Waals surface area contributed by atoms with Crippen molar-refractivity contribution in [1.82, 2.24) is 15.3 Å². The quantitative estimate of drug-likeness (QED) is 0.628. The molecule has 3 aromatic rings. The van der Waals surface area contributed by atoms with Crippen molar-refractivity contribution in [3.63, 3.8) is 0 Å². The first-order chi connectivity index (χ1) is 13.7. The molecule has 0 unspecified atom stereocenters. The Kier molecular flexibility index (Phi) is 6.51. The maximum atomic E-state index is 13.6. The second kappa shape index (κ2) is 9.45. The number of aromatic nitrogens is 2. The number of nitrogens with zero attached hydrogens (tertiary/aromatic N) is 2. The zero-order chi connectivity index (χ0) is 19.8. The molecule has 0 aliphatic rings. The largest absolute Gasteiger partial charge is 0.496 e. The Morgan fingerprint density at radius 3 is 2.43 bits per heavy atom. The zero-order valence-electron chi connectivity index (χ0n) is 15.5. The van der Waals surface area contributed by atoms with Crippen molar-refractivity contribution in [2.24, 2.45) is 0 Å². The molecule has 0 bridgehead atoms. The van der Waals surface area contributed by atoms with Crippen molar-refractivity contribution in [1.29, 1.82) is 0 Å². The fourth-order valence-electron chi connectivity index (χ4n) is 2.67. The van der Waals surface area contributed by atoms with E-state index in [1.807, 2.05) is 24.3 Å². The fraction of sp³-hybridized carbons (Fsp3) is 0.190. The molecule has 7 heteroatoms. The number of carbonyl (C=O) groups excluding carboxylic acids is 1. The van der Waals surface area contributed by atoms with Crippen LogP contribution >= 0.6 is 0 Å². The minimum Gasteiger partial charge on any atom is -0.496 e. The number of ether oxygens (including phenoxy) is 1. The number of nitrogens with one attached hydrogen (secondary N) is 2. The summed E-state index contributed by atoms with van der Waals surface area (Å²) in [6.07, 6.45) is 3.42. The monoisotopic (exact) mass is 380 g/mol. The lowest BCUT2D eigenvalue weighted by Crippen LogP contribution is -2.23. The van der Waals surface area contributed by atoms with E-state index >= 15 is 0 Å². The summed E-state index contributed by atoms with van der Waals surface area (Å²) < 4.78 is 18.9. The van der Waals surface area contributed by atoms with Crippen molar-refractivity contribution >= 4 is 11.9 Å². The number of para-hydroxylation sites is 1. The van der Waals surface area contributed by atoms with Gasteiger partial charge in [0.25, 0.3) is 5.91 Å². The number of carbonyl (C=O) groups is 1. The maximum absolute atomic E-state index is 13.6. The highest BCUT2D eigenvalue weighted by Crippen LogP contribution is 2.16. The molecule has 0 aliphatic heterocycles. The lowest BCUT2D eigenvalue weighted by atomic mass is 10.1. The van der Waals surface area contributed by atoms with E-state index in [2.05, 4.69) is 20.6 Å². The Balaban J connectivity index is 1.50. The molecule has 0 aliphatic carbocycles. The molecule has 1 heterocycles. The van der Waals surface area contributed by atoms with Crippen molar-refractivity contribution in [3.8, 4) is 5.75 Å². The van der Waals surface area contributed by atoms with Crippen LogP contribution in [-0.4, -0.2) is 29.5 Å². The van der Waals surface area contributed by atoms with Gasteiger partial charge in [-0.3, -0.25) is 4.79 Å². The molecule has 144 valence electrons. The Hall–Kier alpha value is -3.48. The van der Waals surface area contributed by atoms with Crippen LogP contribution in [0, 0.1) is 5.82 Å². The summed E-state index contributed by atoms with van der Waals surface area (Å²) in [7, 11) is 1.59. The molecule has 0 saturated carbocycles. The molecule has 2 N–H and O–H groups in total. The first-order valence-corrected chi connectivity index (χ1v) is 8.87. The topological polar surface area (TPSA) is 76.1 Å². The van der Waals surface area contributed by atoms with E-state index in [0.29, 0.717) is 42.3 Å². The van der Waals surface area contributed by atoms with E-state index in [9.17, 15) is 9.18 Å². The highest BCUT2D eigenvalue weighted by Gasteiger charge is 2.09. The first-order valence-electron chi connectivity index (χ1n) is 8.87. The van der Waals surface area contributed by atoms with Crippen LogP contribution in [0.25, 0.3) is 0 Å². The van der Waals surface area contributed by atoms with Crippen molar-refractivity contribution in [2.75, 3.05) is 19.0 Å². The van der Waals surface area contributed by atoms with Crippen LogP contribution in [0.2, 0.25) is 0 Å². The van der Waals surface area contributed by atoms with Crippen LogP contribution in [0.3, 0.4) is 0 Å². The molecular formula is C21H21FN4O2. The van der Waals surface area contributed by atoms with Crippen LogP contribution in [0.5, 0.6) is 5.75 Å². The molecule has 1 aromatic heterocycles. The summed E-state index contributed by atoms with van der Waals surface area (Å²) in [6.45, 7) is 0.825. The van der Waals surface area contributed by atoms with Crippen LogP contribution < -0.4 is 15.4 Å². The highest BCUT2D eigenvalue weighted by molar-refractivity contribution is 5.93. The van der Waals surface area contributed by atoms with E-state index in [4.69, 9.17) is 4.74 Å². The third-order valence-corrected chi connectivity index (χ3v) is 4.18. The number of rotatable bonds is 8. The van der Waals surface area contributed by atoms with Gasteiger partial charge in [0.1, 0.15) is 11.6 Å². The maximum Gasteiger partial charge on any atom is 0.254 e. The average Bonchev–Trinajstić information content (AvgIpc) is 2.74. The first kappa shape index (κ1) is 19.3. The van der Waals surface area contributed by atoms with E-state index in [-0.39, 0.29) is 11.7 Å². The second-order valence-corrected chi connectivity index (χ2v) is 6.06. The lowest BCUT2D eigenvalue weighted by Gasteiger charge is -2.10. The number of halogens is 1. The summed E-state index contributed by atoms with van der Waals surface area (Å²) in [5.74, 6) is 0.599. The molecule has 6 nitrogen and oxygen atoms in total. The van der Waals surface area contributed by atoms with Crippen molar-refractivity contribution in [2.45, 2.75) is 13.0 Å². The predicted octanol–water partition coefficient (Wildman–Crippen LogP) is 3.21. The van der Waals surface area contributed by atoms with Gasteiger partial charge in [-0.2, -0.15) is 0 Å². The Labute approximate surface area is 162 Å². The molecule has 28 heavy (non-hydrogen) atoms. The molecule has 0 saturated heterocycles. The summed E-state index contributed by atoms with van der Waals surface area (Å²) in [4.78, 5) is 20.6. The highest BCUT2D eigenvalue weighted by atomic mass is 19.1. The van der Waals surface area contributed by atoms with Gasteiger partial charge in [-0.25, -0.2) is 14.4 Å². The molecule has 0 spiro atoms. The van der Waals surface area contributed by atoms with Gasteiger partial charge in [-0.1, -0.05) is 36.4 Å². The fourth-order valence-corrected chi connectivity index (χ4v) is 2.67. The van der Waals surface area contributed by atoms with E-state index < -0.39 is 0 Å². The van der Waals surface area contributed by atoms with Gasteiger partial charge in [-0.15, -0.1) is 0 Å². The second-order valence-electron chi connectivity index (χ2n) is 6.06. The van der Waals surface area contributed by atoms with Crippen molar-refractivity contribution in [3.05, 3.63) is 83.4 Å². The van der Waals surface area contributed by atoms with Crippen molar-refractivity contribution < 1.29 is 13.9 Å². The van der Waals surface area contributed by atoms with Gasteiger partial charge in [-0.05, 0) is 24.1 Å². The molecule has 0 radical (unpaired) electrons. The number of hydrogen-bond acceptors (Lipinski definition) is 5. The summed E-state index contributed by atoms with van der Waals surface area (Å²) >= 11 is 0. The van der Waals surface area contributed by atoms with E-state index in [0.717, 1.165) is 5.56 Å². The van der Waals surface area contributed by atoms with Gasteiger partial charge in [0, 0.05) is 31.0 Å². The van der Waals surface area contributed by atoms with Gasteiger partial charge >= 0.3 is 0 Å². The number of hydrogen-bond donors (Lipinski definition) is 2. The smallest absolute Gasteiger partial charge is 0.254 e. The summed E-state index contributed by atoms with van der Waals surface area (Å²) in [5.41, 5.74) is 1.86. The van der Waals surface area contributed by atoms with Gasteiger partial charge < -0.3 is 15.4 Å². The van der Waals surface area contributed by atoms with Crippen LogP contribution in [-0.2, 0) is 13.0 Å². The third-order valence-electron chi connectivity index (χ3n) is 4.18. The number of amides is 1. The Morgan fingerprint density at radius 2 is 1.71 bits per heavy atom. The summed E-state index contributed by atoms with van der Waals surface area (Å²) in [6, 6.07) is 14.1. The Bertz CT molecular complexity index is 932. The molecule has 2 aromatic carbocycles. The minimum absolute atomic E-state index is 0.229. The Morgan fingerprint density at radius 1 is 1.04 bits per heavy atom. The molecule has 0 fully saturated rings. The van der Waals surface area contributed by atoms with E-state index in [1.54, 1.807) is 25.3 Å². The SMILES string of the molecule is COc1ccccc1CNC(=O)c1cnc(NCCc2ccccc2F)nc1. The minimum atomic E-state index is -0.274. The number of methoxy groups -OCH3 is 1. The zero-order valence-corrected chi connectivity index (χ0v) is 15.5. The van der Waals surface area contributed by atoms with Crippen LogP contribution in [0.15, 0.2) is 60.9 Å². The number of anilines is 1. The van der Waals surface area contributed by atoms with Gasteiger partial charge in [0.2, 0.25) is 5.95 Å². The number of benzene rings is 2. The van der Waals surface area contributed by atoms with Gasteiger partial charge in [0.15, 0.2) is 0 Å². The predicted molar refractivity (Wildman–Crippen MR) is 105 cm³/mol. The summed E-state index contributed by atoms with van der Waals surface area (Å²) in [5, 5.41) is 5.84. The lowest BCUT2D eigenvalue weighted by molar-refractivity contribution is 0.0950. The van der Waals surface area contributed by atoms with Crippen LogP contribution in [0.4, 0.5) is 10.3 Å². The molecular weight excluding hydrogens is 359 g/mol. The molecule has 3 rings (SSSR count). The standard InChI is InChI=1S/C21H21FN4O2/c1-28-19-9-5-3-7-16(19)12-24-20(27)17-13-25-21(26-14-17)23-11-10-15-6-2-4-8-18(15)22/h2-9,13-14H,10-12H2,1H3,(H,24,27)(H,23,25,26). The molecule has 0 atom stereocenters. The van der Waals surface area contributed by atoms with Gasteiger partial charge in [0.05, 0.1) is 12.7 Å². The molecule has 1 amide bonds. The van der Waals surface area contributed by atoms with Crippen LogP contribution in [0.1, 0.15) is 21.5 Å². The van der Waals surface area contributed by atoms with E-state index in [1.165, 1.54) is 18.5 Å².